The Bertz CT molecular complexity index is 1250. The van der Waals surface area contributed by atoms with Gasteiger partial charge < -0.3 is 19.5 Å². The minimum atomic E-state index is -0.273. The summed E-state index contributed by atoms with van der Waals surface area (Å²) in [5.74, 6) is 1.99. The summed E-state index contributed by atoms with van der Waals surface area (Å²) >= 11 is 1.53. The molecule has 6 heteroatoms. The number of likely N-dealkylation sites (tertiary alicyclic amines) is 1. The Morgan fingerprint density at radius 2 is 1.74 bits per heavy atom. The van der Waals surface area contributed by atoms with Crippen LogP contribution in [0.2, 0.25) is 0 Å². The highest BCUT2D eigenvalue weighted by molar-refractivity contribution is 7.22. The minimum absolute atomic E-state index is 0.212. The van der Waals surface area contributed by atoms with Crippen LogP contribution >= 0.6 is 11.3 Å². The number of phenols is 1. The van der Waals surface area contributed by atoms with Crippen molar-refractivity contribution in [3.05, 3.63) is 78.1 Å². The molecule has 0 aliphatic carbocycles. The molecule has 0 atom stereocenters. The van der Waals surface area contributed by atoms with E-state index in [1.807, 2.05) is 18.2 Å². The topological polar surface area (TPSA) is 41.9 Å². The standard InChI is InChI=1S/C28H28FNO3S/c1-32-17-16-30-14-12-20(13-15-30)19-4-9-24(10-5-19)33-27-25-11-8-23(31)18-26(25)34-28(27)21-2-6-22(29)7-3-21/h2-11,18,20,31H,12-17H2,1H3. The Labute approximate surface area is 203 Å². The van der Waals surface area contributed by atoms with Gasteiger partial charge in [0.2, 0.25) is 0 Å². The lowest BCUT2D eigenvalue weighted by Crippen LogP contribution is -2.35. The van der Waals surface area contributed by atoms with Crippen LogP contribution in [-0.2, 0) is 4.74 Å². The molecule has 5 rings (SSSR count). The number of rotatable bonds is 7. The van der Waals surface area contributed by atoms with Gasteiger partial charge in [-0.05, 0) is 85.4 Å². The second-order valence-electron chi connectivity index (χ2n) is 8.73. The summed E-state index contributed by atoms with van der Waals surface area (Å²) in [6, 6.07) is 20.1. The molecule has 0 unspecified atom stereocenters. The number of ether oxygens (including phenoxy) is 2. The van der Waals surface area contributed by atoms with Crippen LogP contribution in [0.1, 0.15) is 24.3 Å². The highest BCUT2D eigenvalue weighted by Crippen LogP contribution is 2.47. The highest BCUT2D eigenvalue weighted by Gasteiger charge is 2.21. The number of thiophene rings is 1. The van der Waals surface area contributed by atoms with E-state index in [2.05, 4.69) is 17.0 Å². The van der Waals surface area contributed by atoms with Crippen molar-refractivity contribution in [2.75, 3.05) is 33.4 Å². The molecule has 0 amide bonds. The molecule has 2 heterocycles. The third kappa shape index (κ3) is 4.94. The van der Waals surface area contributed by atoms with E-state index in [1.54, 1.807) is 31.4 Å². The van der Waals surface area contributed by atoms with Crippen molar-refractivity contribution in [3.8, 4) is 27.7 Å². The summed E-state index contributed by atoms with van der Waals surface area (Å²) in [4.78, 5) is 3.38. The predicted molar refractivity (Wildman–Crippen MR) is 136 cm³/mol. The Balaban J connectivity index is 1.37. The third-order valence-electron chi connectivity index (χ3n) is 6.51. The largest absolute Gasteiger partial charge is 0.508 e. The van der Waals surface area contributed by atoms with Gasteiger partial charge in [-0.2, -0.15) is 0 Å². The predicted octanol–water partition coefficient (Wildman–Crippen LogP) is 7.03. The Hall–Kier alpha value is -2.93. The van der Waals surface area contributed by atoms with Crippen LogP contribution in [0.25, 0.3) is 20.5 Å². The van der Waals surface area contributed by atoms with Crippen molar-refractivity contribution in [1.29, 1.82) is 0 Å². The second kappa shape index (κ2) is 10.1. The molecule has 0 saturated carbocycles. The monoisotopic (exact) mass is 477 g/mol. The first-order valence-corrected chi connectivity index (χ1v) is 12.4. The van der Waals surface area contributed by atoms with E-state index in [4.69, 9.17) is 9.47 Å². The van der Waals surface area contributed by atoms with Crippen LogP contribution < -0.4 is 4.74 Å². The molecular weight excluding hydrogens is 449 g/mol. The SMILES string of the molecule is COCCN1CCC(c2ccc(Oc3c(-c4ccc(F)cc4)sc4cc(O)ccc34)cc2)CC1. The average molecular weight is 478 g/mol. The number of methoxy groups -OCH3 is 1. The summed E-state index contributed by atoms with van der Waals surface area (Å²) in [7, 11) is 1.75. The maximum Gasteiger partial charge on any atom is 0.153 e. The normalized spacial score (nSPS) is 15.1. The number of hydrogen-bond acceptors (Lipinski definition) is 5. The molecule has 4 nitrogen and oxygen atoms in total. The summed E-state index contributed by atoms with van der Waals surface area (Å²) < 4.78 is 26.0. The Kier molecular flexibility index (Phi) is 6.81. The van der Waals surface area contributed by atoms with E-state index in [1.165, 1.54) is 29.0 Å². The van der Waals surface area contributed by atoms with Crippen LogP contribution in [0.3, 0.4) is 0 Å². The molecule has 1 aliphatic heterocycles. The lowest BCUT2D eigenvalue weighted by Gasteiger charge is -2.32. The number of hydrogen-bond donors (Lipinski definition) is 1. The molecule has 176 valence electrons. The van der Waals surface area contributed by atoms with Gasteiger partial charge in [0.05, 0.1) is 11.5 Å². The van der Waals surface area contributed by atoms with Gasteiger partial charge in [0.25, 0.3) is 0 Å². The Morgan fingerprint density at radius 1 is 1.00 bits per heavy atom. The maximum atomic E-state index is 13.5. The quantitative estimate of drug-likeness (QED) is 0.310. The molecule has 34 heavy (non-hydrogen) atoms. The summed E-state index contributed by atoms with van der Waals surface area (Å²) in [6.45, 7) is 3.98. The van der Waals surface area contributed by atoms with Crippen molar-refractivity contribution in [2.45, 2.75) is 18.8 Å². The van der Waals surface area contributed by atoms with E-state index >= 15 is 0 Å². The molecule has 3 aromatic carbocycles. The molecule has 0 bridgehead atoms. The number of fused-ring (bicyclic) bond motifs is 1. The summed E-state index contributed by atoms with van der Waals surface area (Å²) in [5, 5.41) is 10.9. The fourth-order valence-electron chi connectivity index (χ4n) is 4.59. The fraction of sp³-hybridized carbons (Fsp3) is 0.286. The number of piperidine rings is 1. The van der Waals surface area contributed by atoms with Crippen LogP contribution in [0.5, 0.6) is 17.2 Å². The van der Waals surface area contributed by atoms with Crippen molar-refractivity contribution in [3.63, 3.8) is 0 Å². The average Bonchev–Trinajstić information content (AvgIpc) is 3.21. The molecule has 1 aromatic heterocycles. The zero-order valence-electron chi connectivity index (χ0n) is 19.2. The number of halogens is 1. The van der Waals surface area contributed by atoms with Gasteiger partial charge in [-0.1, -0.05) is 24.3 Å². The van der Waals surface area contributed by atoms with E-state index in [9.17, 15) is 9.50 Å². The van der Waals surface area contributed by atoms with Crippen molar-refractivity contribution >= 4 is 21.4 Å². The molecule has 1 fully saturated rings. The van der Waals surface area contributed by atoms with E-state index in [0.29, 0.717) is 5.92 Å². The van der Waals surface area contributed by atoms with Crippen molar-refractivity contribution in [1.82, 2.24) is 4.90 Å². The maximum absolute atomic E-state index is 13.5. The first kappa shape index (κ1) is 22.8. The van der Waals surface area contributed by atoms with Crippen LogP contribution in [0, 0.1) is 5.82 Å². The van der Waals surface area contributed by atoms with Gasteiger partial charge in [0.1, 0.15) is 17.3 Å². The van der Waals surface area contributed by atoms with Gasteiger partial charge in [-0.25, -0.2) is 4.39 Å². The van der Waals surface area contributed by atoms with E-state index in [0.717, 1.165) is 71.1 Å². The highest BCUT2D eigenvalue weighted by atomic mass is 32.1. The summed E-state index contributed by atoms with van der Waals surface area (Å²) in [5.41, 5.74) is 2.23. The lowest BCUT2D eigenvalue weighted by atomic mass is 9.89. The number of aromatic hydroxyl groups is 1. The van der Waals surface area contributed by atoms with Gasteiger partial charge in [0, 0.05) is 23.7 Å². The molecule has 1 aliphatic rings. The van der Waals surface area contributed by atoms with E-state index in [-0.39, 0.29) is 11.6 Å². The second-order valence-corrected chi connectivity index (χ2v) is 9.78. The third-order valence-corrected chi connectivity index (χ3v) is 7.69. The zero-order chi connectivity index (χ0) is 23.5. The fourth-order valence-corrected chi connectivity index (χ4v) is 5.76. The van der Waals surface area contributed by atoms with Crippen molar-refractivity contribution < 1.29 is 19.0 Å². The first-order valence-electron chi connectivity index (χ1n) is 11.6. The lowest BCUT2D eigenvalue weighted by molar-refractivity contribution is 0.130. The van der Waals surface area contributed by atoms with Gasteiger partial charge in [-0.3, -0.25) is 0 Å². The van der Waals surface area contributed by atoms with Gasteiger partial charge in [-0.15, -0.1) is 11.3 Å². The molecular formula is C28H28FNO3S. The summed E-state index contributed by atoms with van der Waals surface area (Å²) in [6.07, 6.45) is 2.30. The molecule has 1 N–H and O–H groups in total. The Morgan fingerprint density at radius 3 is 2.44 bits per heavy atom. The number of phenolic OH excluding ortho intramolecular Hbond substituents is 1. The number of benzene rings is 3. The first-order chi connectivity index (χ1) is 16.6. The molecule has 0 spiro atoms. The van der Waals surface area contributed by atoms with Gasteiger partial charge >= 0.3 is 0 Å². The van der Waals surface area contributed by atoms with Crippen LogP contribution in [0.15, 0.2) is 66.7 Å². The number of nitrogens with zero attached hydrogens (tertiary/aromatic N) is 1. The van der Waals surface area contributed by atoms with E-state index < -0.39 is 0 Å². The molecule has 1 saturated heterocycles. The van der Waals surface area contributed by atoms with Crippen LogP contribution in [-0.4, -0.2) is 43.4 Å². The zero-order valence-corrected chi connectivity index (χ0v) is 20.0. The van der Waals surface area contributed by atoms with Gasteiger partial charge in [0.15, 0.2) is 5.75 Å². The minimum Gasteiger partial charge on any atom is -0.508 e. The van der Waals surface area contributed by atoms with Crippen LogP contribution in [0.4, 0.5) is 4.39 Å². The molecule has 4 aromatic rings. The van der Waals surface area contributed by atoms with Crippen molar-refractivity contribution in [2.24, 2.45) is 0 Å². The smallest absolute Gasteiger partial charge is 0.153 e. The molecule has 0 radical (unpaired) electrons.